The van der Waals surface area contributed by atoms with E-state index in [4.69, 9.17) is 0 Å². The highest BCUT2D eigenvalue weighted by atomic mass is 32.1. The van der Waals surface area contributed by atoms with E-state index >= 15 is 0 Å². The lowest BCUT2D eigenvalue weighted by atomic mass is 9.97. The number of nitrogens with one attached hydrogen (secondary N) is 2. The van der Waals surface area contributed by atoms with Gasteiger partial charge in [-0.3, -0.25) is 9.36 Å². The Morgan fingerprint density at radius 3 is 3.17 bits per heavy atom. The van der Waals surface area contributed by atoms with E-state index < -0.39 is 0 Å². The number of hydrogen-bond donors (Lipinski definition) is 2. The zero-order valence-electron chi connectivity index (χ0n) is 13.4. The molecule has 1 aliphatic heterocycles. The van der Waals surface area contributed by atoms with Gasteiger partial charge in [-0.15, -0.1) is 11.3 Å². The van der Waals surface area contributed by atoms with Crippen molar-refractivity contribution < 1.29 is 4.79 Å². The zero-order chi connectivity index (χ0) is 16.7. The number of H-pyrrole nitrogens is 2. The summed E-state index contributed by atoms with van der Waals surface area (Å²) in [4.78, 5) is 29.6. The Labute approximate surface area is 142 Å². The lowest BCUT2D eigenvalue weighted by molar-refractivity contribution is 0.0698. The highest BCUT2D eigenvalue weighted by molar-refractivity contribution is 7.17. The number of rotatable bonds is 3. The van der Waals surface area contributed by atoms with Crippen molar-refractivity contribution in [1.29, 1.82) is 0 Å². The van der Waals surface area contributed by atoms with Gasteiger partial charge >= 0.3 is 5.69 Å². The van der Waals surface area contributed by atoms with Gasteiger partial charge in [0.2, 0.25) is 0 Å². The molecule has 0 spiro atoms. The predicted molar refractivity (Wildman–Crippen MR) is 92.6 cm³/mol. The second-order valence-corrected chi connectivity index (χ2v) is 7.05. The molecule has 0 saturated carbocycles. The summed E-state index contributed by atoms with van der Waals surface area (Å²) in [5.74, 6) is 0.870. The summed E-state index contributed by atoms with van der Waals surface area (Å²) >= 11 is 1.62. The van der Waals surface area contributed by atoms with Gasteiger partial charge in [-0.25, -0.2) is 9.89 Å². The number of aromatic nitrogens is 4. The van der Waals surface area contributed by atoms with Gasteiger partial charge < -0.3 is 9.88 Å². The van der Waals surface area contributed by atoms with Crippen molar-refractivity contribution >= 4 is 27.5 Å². The largest absolute Gasteiger partial charge is 0.350 e. The molecule has 1 saturated heterocycles. The third-order valence-electron chi connectivity index (χ3n) is 4.65. The summed E-state index contributed by atoms with van der Waals surface area (Å²) in [5.41, 5.74) is 1.46. The van der Waals surface area contributed by atoms with Crippen LogP contribution < -0.4 is 5.69 Å². The van der Waals surface area contributed by atoms with Crippen LogP contribution in [0.5, 0.6) is 0 Å². The number of hydrogen-bond acceptors (Lipinski definition) is 4. The fourth-order valence-electron chi connectivity index (χ4n) is 3.45. The molecule has 0 bridgehead atoms. The number of carbonyl (C=O) groups is 1. The molecule has 4 heterocycles. The fourth-order valence-corrected chi connectivity index (χ4v) is 4.24. The van der Waals surface area contributed by atoms with E-state index in [1.807, 2.05) is 29.3 Å². The highest BCUT2D eigenvalue weighted by Crippen LogP contribution is 2.27. The maximum atomic E-state index is 12.8. The Morgan fingerprint density at radius 1 is 1.50 bits per heavy atom. The monoisotopic (exact) mass is 345 g/mol. The lowest BCUT2D eigenvalue weighted by Crippen LogP contribution is -2.40. The Morgan fingerprint density at radius 2 is 2.38 bits per heavy atom. The van der Waals surface area contributed by atoms with E-state index in [2.05, 4.69) is 15.2 Å². The topological polar surface area (TPSA) is 86.8 Å². The van der Waals surface area contributed by atoms with E-state index in [1.165, 1.54) is 0 Å². The minimum Gasteiger partial charge on any atom is -0.350 e. The molecule has 0 unspecified atom stereocenters. The summed E-state index contributed by atoms with van der Waals surface area (Å²) in [5, 5.41) is 8.72. The van der Waals surface area contributed by atoms with Crippen molar-refractivity contribution in [3.8, 4) is 0 Å². The van der Waals surface area contributed by atoms with E-state index in [9.17, 15) is 9.59 Å². The molecule has 1 amide bonds. The molecule has 3 aromatic heterocycles. The summed E-state index contributed by atoms with van der Waals surface area (Å²) in [6.07, 6.45) is 1.85. The van der Waals surface area contributed by atoms with Crippen LogP contribution in [0, 0.1) is 0 Å². The SMILES string of the molecule is CCn1c([C@@H]2CCCN(C(=O)c3cc4sccc4[nH]3)C2)n[nH]c1=O. The van der Waals surface area contributed by atoms with Gasteiger partial charge in [0.1, 0.15) is 11.5 Å². The number of carbonyl (C=O) groups excluding carboxylic acids is 1. The van der Waals surface area contributed by atoms with E-state index in [-0.39, 0.29) is 17.5 Å². The number of thiophene rings is 1. The third kappa shape index (κ3) is 2.47. The number of likely N-dealkylation sites (tertiary alicyclic amines) is 1. The first kappa shape index (κ1) is 15.2. The maximum Gasteiger partial charge on any atom is 0.343 e. The molecule has 1 fully saturated rings. The minimum absolute atomic E-state index is 0.0176. The molecule has 2 N–H and O–H groups in total. The van der Waals surface area contributed by atoms with Gasteiger partial charge in [0.15, 0.2) is 0 Å². The lowest BCUT2D eigenvalue weighted by Gasteiger charge is -2.32. The van der Waals surface area contributed by atoms with Gasteiger partial charge in [-0.1, -0.05) is 0 Å². The molecule has 24 heavy (non-hydrogen) atoms. The molecule has 1 atom stereocenters. The number of nitrogens with zero attached hydrogens (tertiary/aromatic N) is 3. The van der Waals surface area contributed by atoms with E-state index in [0.29, 0.717) is 18.8 Å². The summed E-state index contributed by atoms with van der Waals surface area (Å²) in [6.45, 7) is 3.85. The first-order valence-electron chi connectivity index (χ1n) is 8.18. The Kier molecular flexibility index (Phi) is 3.76. The van der Waals surface area contributed by atoms with Gasteiger partial charge in [-0.2, -0.15) is 5.10 Å². The molecule has 1 aliphatic rings. The predicted octanol–water partition coefficient (Wildman–Crippen LogP) is 2.15. The van der Waals surface area contributed by atoms with Crippen molar-refractivity contribution in [1.82, 2.24) is 24.6 Å². The van der Waals surface area contributed by atoms with Gasteiger partial charge in [0.05, 0.1) is 10.2 Å². The van der Waals surface area contributed by atoms with E-state index in [0.717, 1.165) is 35.4 Å². The average Bonchev–Trinajstić information content (AvgIpc) is 3.28. The molecule has 8 heteroatoms. The van der Waals surface area contributed by atoms with Crippen molar-refractivity contribution in [3.63, 3.8) is 0 Å². The number of aromatic amines is 2. The normalized spacial score (nSPS) is 18.4. The molecular formula is C16H19N5O2S. The second-order valence-electron chi connectivity index (χ2n) is 6.10. The average molecular weight is 345 g/mol. The first-order valence-corrected chi connectivity index (χ1v) is 9.06. The quantitative estimate of drug-likeness (QED) is 0.762. The van der Waals surface area contributed by atoms with Crippen LogP contribution in [0.1, 0.15) is 42.0 Å². The Bertz CT molecular complexity index is 905. The molecular weight excluding hydrogens is 326 g/mol. The standard InChI is InChI=1S/C16H19N5O2S/c1-2-21-14(18-19-16(21)23)10-4-3-6-20(9-10)15(22)12-8-13-11(17-12)5-7-24-13/h5,7-8,10,17H,2-4,6,9H2,1H3,(H,19,23)/t10-/m1/s1. The Balaban J connectivity index is 1.57. The van der Waals surface area contributed by atoms with Gasteiger partial charge in [0, 0.05) is 25.6 Å². The molecule has 0 radical (unpaired) electrons. The second kappa shape index (κ2) is 5.94. The van der Waals surface area contributed by atoms with Crippen LogP contribution in [-0.2, 0) is 6.54 Å². The maximum absolute atomic E-state index is 12.8. The molecule has 4 rings (SSSR count). The number of piperidine rings is 1. The molecule has 0 aromatic carbocycles. The summed E-state index contributed by atoms with van der Waals surface area (Å²) < 4.78 is 2.75. The number of fused-ring (bicyclic) bond motifs is 1. The van der Waals surface area contributed by atoms with E-state index in [1.54, 1.807) is 15.9 Å². The Hall–Kier alpha value is -2.35. The third-order valence-corrected chi connectivity index (χ3v) is 5.51. The van der Waals surface area contributed by atoms with Crippen LogP contribution >= 0.6 is 11.3 Å². The van der Waals surface area contributed by atoms with Crippen molar-refractivity contribution in [3.05, 3.63) is 39.5 Å². The smallest absolute Gasteiger partial charge is 0.343 e. The van der Waals surface area contributed by atoms with Crippen LogP contribution in [-0.4, -0.2) is 43.6 Å². The molecule has 7 nitrogen and oxygen atoms in total. The molecule has 3 aromatic rings. The number of amides is 1. The first-order chi connectivity index (χ1) is 11.7. The highest BCUT2D eigenvalue weighted by Gasteiger charge is 2.29. The van der Waals surface area contributed by atoms with Crippen molar-refractivity contribution in [2.24, 2.45) is 0 Å². The summed E-state index contributed by atoms with van der Waals surface area (Å²) in [6, 6.07) is 3.90. The fraction of sp³-hybridized carbons (Fsp3) is 0.438. The van der Waals surface area contributed by atoms with Crippen LogP contribution in [0.4, 0.5) is 0 Å². The van der Waals surface area contributed by atoms with Crippen LogP contribution in [0.3, 0.4) is 0 Å². The molecule has 126 valence electrons. The van der Waals surface area contributed by atoms with Gasteiger partial charge in [0.25, 0.3) is 5.91 Å². The van der Waals surface area contributed by atoms with Crippen LogP contribution in [0.2, 0.25) is 0 Å². The minimum atomic E-state index is -0.180. The van der Waals surface area contributed by atoms with Gasteiger partial charge in [-0.05, 0) is 37.3 Å². The van der Waals surface area contributed by atoms with Crippen LogP contribution in [0.25, 0.3) is 10.2 Å². The van der Waals surface area contributed by atoms with Crippen molar-refractivity contribution in [2.45, 2.75) is 32.2 Å². The summed E-state index contributed by atoms with van der Waals surface area (Å²) in [7, 11) is 0. The zero-order valence-corrected chi connectivity index (χ0v) is 14.2. The molecule has 0 aliphatic carbocycles. The van der Waals surface area contributed by atoms with Crippen LogP contribution in [0.15, 0.2) is 22.3 Å². The van der Waals surface area contributed by atoms with Crippen molar-refractivity contribution in [2.75, 3.05) is 13.1 Å².